The van der Waals surface area contributed by atoms with Crippen LogP contribution in [-0.4, -0.2) is 17.1 Å². The zero-order chi connectivity index (χ0) is 11.3. The van der Waals surface area contributed by atoms with Crippen LogP contribution in [0.3, 0.4) is 0 Å². The molecule has 0 aliphatic heterocycles. The Hall–Kier alpha value is -1.79. The van der Waals surface area contributed by atoms with Crippen LogP contribution in [0.2, 0.25) is 0 Å². The molecule has 1 rings (SSSR count). The third-order valence-electron chi connectivity index (χ3n) is 2.10. The first-order chi connectivity index (χ1) is 7.13. The van der Waals surface area contributed by atoms with Crippen molar-refractivity contribution in [3.05, 3.63) is 35.4 Å². The molecule has 0 spiro atoms. The van der Waals surface area contributed by atoms with Crippen LogP contribution in [0.25, 0.3) is 0 Å². The minimum Gasteiger partial charge on any atom is -0.480 e. The molecule has 78 valence electrons. The van der Waals surface area contributed by atoms with E-state index in [1.165, 1.54) is 0 Å². The van der Waals surface area contributed by atoms with Crippen LogP contribution in [0.15, 0.2) is 24.3 Å². The average Bonchev–Trinajstić information content (AvgIpc) is 2.21. The van der Waals surface area contributed by atoms with Gasteiger partial charge in [-0.25, -0.2) is 0 Å². The molecule has 0 saturated heterocycles. The van der Waals surface area contributed by atoms with Gasteiger partial charge in [-0.05, 0) is 17.5 Å². The van der Waals surface area contributed by atoms with E-state index >= 15 is 0 Å². The van der Waals surface area contributed by atoms with Gasteiger partial charge in [0.15, 0.2) is 0 Å². The van der Waals surface area contributed by atoms with Crippen LogP contribution < -0.4 is 5.73 Å². The second-order valence-electron chi connectivity index (χ2n) is 3.35. The van der Waals surface area contributed by atoms with Crippen molar-refractivity contribution in [3.63, 3.8) is 0 Å². The Bertz CT molecular complexity index is 376. The van der Waals surface area contributed by atoms with Crippen molar-refractivity contribution in [1.82, 2.24) is 0 Å². The van der Waals surface area contributed by atoms with Crippen LogP contribution in [-0.2, 0) is 17.6 Å². The number of carboxylic acids is 1. The molecule has 0 aliphatic carbocycles. The van der Waals surface area contributed by atoms with E-state index < -0.39 is 12.0 Å². The zero-order valence-corrected chi connectivity index (χ0v) is 8.31. The van der Waals surface area contributed by atoms with Gasteiger partial charge in [-0.3, -0.25) is 4.79 Å². The molecule has 0 aliphatic rings. The molecule has 1 unspecified atom stereocenters. The number of aliphatic carboxylic acids is 1. The van der Waals surface area contributed by atoms with Crippen molar-refractivity contribution < 1.29 is 9.90 Å². The first-order valence-electron chi connectivity index (χ1n) is 4.63. The Labute approximate surface area is 88.9 Å². The van der Waals surface area contributed by atoms with Gasteiger partial charge in [-0.15, -0.1) is 12.3 Å². The van der Waals surface area contributed by atoms with Gasteiger partial charge in [0.1, 0.15) is 6.04 Å². The lowest BCUT2D eigenvalue weighted by Gasteiger charge is -2.06. The number of rotatable bonds is 4. The normalized spacial score (nSPS) is 11.7. The topological polar surface area (TPSA) is 63.3 Å². The van der Waals surface area contributed by atoms with Gasteiger partial charge in [0, 0.05) is 6.42 Å². The zero-order valence-electron chi connectivity index (χ0n) is 8.31. The molecule has 0 saturated carbocycles. The van der Waals surface area contributed by atoms with Crippen LogP contribution in [0, 0.1) is 12.3 Å². The van der Waals surface area contributed by atoms with Crippen molar-refractivity contribution >= 4 is 5.97 Å². The fraction of sp³-hybridized carbons (Fsp3) is 0.250. The highest BCUT2D eigenvalue weighted by Crippen LogP contribution is 2.06. The smallest absolute Gasteiger partial charge is 0.320 e. The second-order valence-corrected chi connectivity index (χ2v) is 3.35. The quantitative estimate of drug-likeness (QED) is 0.712. The maximum Gasteiger partial charge on any atom is 0.320 e. The van der Waals surface area contributed by atoms with Crippen molar-refractivity contribution in [3.8, 4) is 12.3 Å². The van der Waals surface area contributed by atoms with Gasteiger partial charge in [0.25, 0.3) is 0 Å². The summed E-state index contributed by atoms with van der Waals surface area (Å²) in [6, 6.07) is 6.65. The molecule has 3 N–H and O–H groups in total. The predicted molar refractivity (Wildman–Crippen MR) is 58.3 cm³/mol. The number of hydrogen-bond acceptors (Lipinski definition) is 2. The maximum atomic E-state index is 10.5. The average molecular weight is 203 g/mol. The number of carboxylic acid groups (broad SMARTS) is 1. The summed E-state index contributed by atoms with van der Waals surface area (Å²) >= 11 is 0. The third kappa shape index (κ3) is 3.45. The van der Waals surface area contributed by atoms with Gasteiger partial charge >= 0.3 is 5.97 Å². The lowest BCUT2D eigenvalue weighted by molar-refractivity contribution is -0.138. The minimum atomic E-state index is -0.984. The summed E-state index contributed by atoms with van der Waals surface area (Å²) in [4.78, 5) is 10.5. The van der Waals surface area contributed by atoms with E-state index in [0.29, 0.717) is 12.8 Å². The molecule has 1 atom stereocenters. The van der Waals surface area contributed by atoms with Crippen LogP contribution in [0.1, 0.15) is 11.1 Å². The van der Waals surface area contributed by atoms with Crippen LogP contribution in [0.4, 0.5) is 0 Å². The molecule has 1 aromatic carbocycles. The SMILES string of the molecule is C#CCc1ccc(CC(N)C(=O)O)cc1. The molecule has 0 amide bonds. The van der Waals surface area contributed by atoms with E-state index in [2.05, 4.69) is 5.92 Å². The largest absolute Gasteiger partial charge is 0.480 e. The molecule has 0 fully saturated rings. The molecule has 0 bridgehead atoms. The first-order valence-corrected chi connectivity index (χ1v) is 4.63. The first kappa shape index (κ1) is 11.3. The summed E-state index contributed by atoms with van der Waals surface area (Å²) < 4.78 is 0. The molecule has 0 radical (unpaired) electrons. The molecule has 1 aromatic rings. The highest BCUT2D eigenvalue weighted by Gasteiger charge is 2.11. The molecular weight excluding hydrogens is 190 g/mol. The van der Waals surface area contributed by atoms with E-state index in [4.69, 9.17) is 17.3 Å². The van der Waals surface area contributed by atoms with E-state index in [-0.39, 0.29) is 0 Å². The summed E-state index contributed by atoms with van der Waals surface area (Å²) in [6.45, 7) is 0. The van der Waals surface area contributed by atoms with Crippen LogP contribution in [0.5, 0.6) is 0 Å². The van der Waals surface area contributed by atoms with Gasteiger partial charge in [-0.2, -0.15) is 0 Å². The van der Waals surface area contributed by atoms with Crippen LogP contribution >= 0.6 is 0 Å². The Balaban J connectivity index is 2.65. The fourth-order valence-electron chi connectivity index (χ4n) is 1.25. The maximum absolute atomic E-state index is 10.5. The highest BCUT2D eigenvalue weighted by atomic mass is 16.4. The van der Waals surface area contributed by atoms with E-state index in [1.807, 2.05) is 24.3 Å². The molecular formula is C12H13NO2. The Morgan fingerprint density at radius 3 is 2.40 bits per heavy atom. The number of hydrogen-bond donors (Lipinski definition) is 2. The Kier molecular flexibility index (Phi) is 3.90. The summed E-state index contributed by atoms with van der Waals surface area (Å²) in [5.41, 5.74) is 7.37. The van der Waals surface area contributed by atoms with Gasteiger partial charge in [-0.1, -0.05) is 24.3 Å². The summed E-state index contributed by atoms with van der Waals surface area (Å²) in [5.74, 6) is 1.56. The van der Waals surface area contributed by atoms with Crippen molar-refractivity contribution in [2.24, 2.45) is 5.73 Å². The molecule has 15 heavy (non-hydrogen) atoms. The summed E-state index contributed by atoms with van der Waals surface area (Å²) in [7, 11) is 0. The number of nitrogens with two attached hydrogens (primary N) is 1. The summed E-state index contributed by atoms with van der Waals surface area (Å²) in [6.07, 6.45) is 6.10. The standard InChI is InChI=1S/C12H13NO2/c1-2-3-9-4-6-10(7-5-9)8-11(13)12(14)15/h1,4-7,11H,3,8,13H2,(H,14,15). The molecule has 0 aromatic heterocycles. The third-order valence-corrected chi connectivity index (χ3v) is 2.10. The second kappa shape index (κ2) is 5.18. The Morgan fingerprint density at radius 1 is 1.40 bits per heavy atom. The van der Waals surface area contributed by atoms with E-state index in [0.717, 1.165) is 11.1 Å². The minimum absolute atomic E-state index is 0.339. The van der Waals surface area contributed by atoms with Gasteiger partial charge in [0.05, 0.1) is 0 Å². The summed E-state index contributed by atoms with van der Waals surface area (Å²) in [5, 5.41) is 8.63. The van der Waals surface area contributed by atoms with E-state index in [9.17, 15) is 4.79 Å². The highest BCUT2D eigenvalue weighted by molar-refractivity contribution is 5.73. The molecule has 3 heteroatoms. The Morgan fingerprint density at radius 2 is 1.93 bits per heavy atom. The fourth-order valence-corrected chi connectivity index (χ4v) is 1.25. The van der Waals surface area contributed by atoms with Gasteiger partial charge in [0.2, 0.25) is 0 Å². The van der Waals surface area contributed by atoms with Gasteiger partial charge < -0.3 is 10.8 Å². The van der Waals surface area contributed by atoms with Crippen molar-refractivity contribution in [2.45, 2.75) is 18.9 Å². The van der Waals surface area contributed by atoms with E-state index in [1.54, 1.807) is 0 Å². The number of terminal acetylenes is 1. The lowest BCUT2D eigenvalue weighted by atomic mass is 10.0. The molecule has 0 heterocycles. The molecule has 3 nitrogen and oxygen atoms in total. The predicted octanol–water partition coefficient (Wildman–Crippen LogP) is 0.817. The lowest BCUT2D eigenvalue weighted by Crippen LogP contribution is -2.32. The monoisotopic (exact) mass is 203 g/mol. The van der Waals surface area contributed by atoms with Crippen molar-refractivity contribution in [1.29, 1.82) is 0 Å². The number of carbonyl (C=O) groups is 1. The number of benzene rings is 1. The van der Waals surface area contributed by atoms with Crippen molar-refractivity contribution in [2.75, 3.05) is 0 Å².